The van der Waals surface area contributed by atoms with E-state index in [-0.39, 0.29) is 0 Å². The smallest absolute Gasteiger partial charge is 0.0379 e. The second kappa shape index (κ2) is 4.88. The summed E-state index contributed by atoms with van der Waals surface area (Å²) >= 11 is 0. The molecular formula is C14H21N3. The Kier molecular flexibility index (Phi) is 3.48. The molecule has 1 aromatic heterocycles. The quantitative estimate of drug-likeness (QED) is 0.848. The van der Waals surface area contributed by atoms with Crippen molar-refractivity contribution in [2.24, 2.45) is 5.73 Å². The minimum Gasteiger partial charge on any atom is -0.369 e. The molecule has 2 atom stereocenters. The molecule has 17 heavy (non-hydrogen) atoms. The molecule has 1 saturated heterocycles. The van der Waals surface area contributed by atoms with E-state index in [9.17, 15) is 0 Å². The van der Waals surface area contributed by atoms with Gasteiger partial charge in [-0.2, -0.15) is 0 Å². The lowest BCUT2D eigenvalue weighted by atomic mass is 9.97. The van der Waals surface area contributed by atoms with Gasteiger partial charge in [0.25, 0.3) is 0 Å². The highest BCUT2D eigenvalue weighted by atomic mass is 15.2. The number of nitrogens with zero attached hydrogens (tertiary/aromatic N) is 2. The summed E-state index contributed by atoms with van der Waals surface area (Å²) in [4.78, 5) is 6.58. The summed E-state index contributed by atoms with van der Waals surface area (Å²) in [7, 11) is 0. The molecule has 0 aliphatic carbocycles. The number of nitrogens with two attached hydrogens (primary N) is 1. The number of rotatable bonds is 2. The van der Waals surface area contributed by atoms with Gasteiger partial charge in [0.15, 0.2) is 0 Å². The van der Waals surface area contributed by atoms with E-state index in [4.69, 9.17) is 5.73 Å². The zero-order valence-electron chi connectivity index (χ0n) is 10.7. The van der Waals surface area contributed by atoms with Crippen molar-refractivity contribution in [3.63, 3.8) is 0 Å². The van der Waals surface area contributed by atoms with Crippen LogP contribution in [0.1, 0.15) is 31.0 Å². The van der Waals surface area contributed by atoms with Crippen molar-refractivity contribution >= 4 is 5.70 Å². The highest BCUT2D eigenvalue weighted by Crippen LogP contribution is 2.25. The number of piperidine rings is 1. The Morgan fingerprint density at radius 2 is 2.35 bits per heavy atom. The van der Waals surface area contributed by atoms with E-state index < -0.39 is 0 Å². The standard InChI is InChI=1S/C14H21N3/c1-10-8-13(4-6-16-10)12(3)17-7-5-14(15)9-11(17)2/h4,6,8,11,14H,3,5,7,9,15H2,1-2H3/t11-,14+/m1/s1. The molecule has 1 fully saturated rings. The van der Waals surface area contributed by atoms with Gasteiger partial charge in [0.2, 0.25) is 0 Å². The third-order valence-corrected chi connectivity index (χ3v) is 3.49. The van der Waals surface area contributed by atoms with Gasteiger partial charge in [-0.25, -0.2) is 0 Å². The number of hydrogen-bond acceptors (Lipinski definition) is 3. The number of pyridine rings is 1. The molecule has 2 heterocycles. The summed E-state index contributed by atoms with van der Waals surface area (Å²) in [5.41, 5.74) is 9.28. The van der Waals surface area contributed by atoms with Crippen LogP contribution < -0.4 is 5.73 Å². The highest BCUT2D eigenvalue weighted by Gasteiger charge is 2.24. The molecule has 0 radical (unpaired) electrons. The average molecular weight is 231 g/mol. The lowest BCUT2D eigenvalue weighted by Crippen LogP contribution is -2.44. The largest absolute Gasteiger partial charge is 0.369 e. The predicted octanol–water partition coefficient (Wildman–Crippen LogP) is 2.17. The first-order chi connectivity index (χ1) is 8.08. The van der Waals surface area contributed by atoms with E-state index in [2.05, 4.69) is 29.5 Å². The van der Waals surface area contributed by atoms with Crippen molar-refractivity contribution in [2.75, 3.05) is 6.54 Å². The maximum Gasteiger partial charge on any atom is 0.0379 e. The topological polar surface area (TPSA) is 42.2 Å². The molecule has 92 valence electrons. The van der Waals surface area contributed by atoms with Crippen LogP contribution in [-0.2, 0) is 0 Å². The average Bonchev–Trinajstić information content (AvgIpc) is 2.28. The highest BCUT2D eigenvalue weighted by molar-refractivity contribution is 5.62. The SMILES string of the molecule is C=C(c1ccnc(C)c1)N1CC[C@H](N)C[C@H]1C. The Labute approximate surface area is 103 Å². The Morgan fingerprint density at radius 3 is 3.00 bits per heavy atom. The fourth-order valence-corrected chi connectivity index (χ4v) is 2.50. The fraction of sp³-hybridized carbons (Fsp3) is 0.500. The molecule has 3 nitrogen and oxygen atoms in total. The van der Waals surface area contributed by atoms with Gasteiger partial charge in [-0.1, -0.05) is 6.58 Å². The molecule has 1 aliphatic rings. The van der Waals surface area contributed by atoms with Gasteiger partial charge in [0.05, 0.1) is 0 Å². The molecule has 0 amide bonds. The molecule has 2 N–H and O–H groups in total. The summed E-state index contributed by atoms with van der Waals surface area (Å²) in [6.07, 6.45) is 3.94. The summed E-state index contributed by atoms with van der Waals surface area (Å²) < 4.78 is 0. The summed E-state index contributed by atoms with van der Waals surface area (Å²) in [6, 6.07) is 4.92. The van der Waals surface area contributed by atoms with Crippen molar-refractivity contribution in [1.82, 2.24) is 9.88 Å². The van der Waals surface area contributed by atoms with Crippen molar-refractivity contribution in [2.45, 2.75) is 38.8 Å². The third kappa shape index (κ3) is 2.67. The van der Waals surface area contributed by atoms with Crippen LogP contribution >= 0.6 is 0 Å². The van der Waals surface area contributed by atoms with Gasteiger partial charge in [0.1, 0.15) is 0 Å². The molecular weight excluding hydrogens is 210 g/mol. The lowest BCUT2D eigenvalue weighted by Gasteiger charge is -2.39. The van der Waals surface area contributed by atoms with Crippen LogP contribution in [0.2, 0.25) is 0 Å². The van der Waals surface area contributed by atoms with Gasteiger partial charge in [-0.3, -0.25) is 4.98 Å². The zero-order valence-corrected chi connectivity index (χ0v) is 10.7. The minimum absolute atomic E-state index is 0.341. The van der Waals surface area contributed by atoms with Gasteiger partial charge >= 0.3 is 0 Å². The molecule has 3 heteroatoms. The van der Waals surface area contributed by atoms with Crippen molar-refractivity contribution in [3.05, 3.63) is 36.2 Å². The Bertz CT molecular complexity index is 414. The Hall–Kier alpha value is -1.35. The molecule has 0 bridgehead atoms. The number of hydrogen-bond donors (Lipinski definition) is 1. The molecule has 2 rings (SSSR count). The van der Waals surface area contributed by atoms with Crippen LogP contribution in [0.15, 0.2) is 24.9 Å². The summed E-state index contributed by atoms with van der Waals surface area (Å²) in [5, 5.41) is 0. The second-order valence-corrected chi connectivity index (χ2v) is 4.96. The van der Waals surface area contributed by atoms with Gasteiger partial charge in [-0.15, -0.1) is 0 Å². The van der Waals surface area contributed by atoms with Crippen LogP contribution in [0.4, 0.5) is 0 Å². The molecule has 0 unspecified atom stereocenters. The minimum atomic E-state index is 0.341. The Balaban J connectivity index is 2.15. The first kappa shape index (κ1) is 12.1. The summed E-state index contributed by atoms with van der Waals surface area (Å²) in [5.74, 6) is 0. The molecule has 1 aromatic rings. The van der Waals surface area contributed by atoms with Gasteiger partial charge < -0.3 is 10.6 Å². The van der Waals surface area contributed by atoms with Crippen LogP contribution in [0.25, 0.3) is 5.70 Å². The Morgan fingerprint density at radius 1 is 1.59 bits per heavy atom. The van der Waals surface area contributed by atoms with E-state index in [1.165, 1.54) is 5.56 Å². The van der Waals surface area contributed by atoms with E-state index in [1.807, 2.05) is 19.2 Å². The molecule has 0 spiro atoms. The van der Waals surface area contributed by atoms with Crippen LogP contribution in [0.5, 0.6) is 0 Å². The van der Waals surface area contributed by atoms with E-state index in [1.54, 1.807) is 0 Å². The van der Waals surface area contributed by atoms with E-state index in [0.29, 0.717) is 12.1 Å². The van der Waals surface area contributed by atoms with E-state index in [0.717, 1.165) is 30.8 Å². The van der Waals surface area contributed by atoms with Crippen molar-refractivity contribution in [1.29, 1.82) is 0 Å². The number of aryl methyl sites for hydroxylation is 1. The number of aromatic nitrogens is 1. The molecule has 0 saturated carbocycles. The normalized spacial score (nSPS) is 24.8. The zero-order chi connectivity index (χ0) is 12.4. The van der Waals surface area contributed by atoms with Crippen LogP contribution in [-0.4, -0.2) is 28.5 Å². The van der Waals surface area contributed by atoms with Crippen molar-refractivity contribution < 1.29 is 0 Å². The van der Waals surface area contributed by atoms with E-state index >= 15 is 0 Å². The first-order valence-electron chi connectivity index (χ1n) is 6.22. The predicted molar refractivity (Wildman–Crippen MR) is 71.4 cm³/mol. The third-order valence-electron chi connectivity index (χ3n) is 3.49. The van der Waals surface area contributed by atoms with Gasteiger partial charge in [-0.05, 0) is 38.8 Å². The summed E-state index contributed by atoms with van der Waals surface area (Å²) in [6.45, 7) is 9.45. The molecule has 0 aromatic carbocycles. The lowest BCUT2D eigenvalue weighted by molar-refractivity contribution is 0.224. The molecule has 1 aliphatic heterocycles. The van der Waals surface area contributed by atoms with Crippen LogP contribution in [0, 0.1) is 6.92 Å². The fourth-order valence-electron chi connectivity index (χ4n) is 2.50. The van der Waals surface area contributed by atoms with Gasteiger partial charge in [0, 0.05) is 41.8 Å². The monoisotopic (exact) mass is 231 g/mol. The van der Waals surface area contributed by atoms with Crippen LogP contribution in [0.3, 0.4) is 0 Å². The second-order valence-electron chi connectivity index (χ2n) is 4.96. The van der Waals surface area contributed by atoms with Crippen molar-refractivity contribution in [3.8, 4) is 0 Å². The maximum absolute atomic E-state index is 5.98. The maximum atomic E-state index is 5.98. The first-order valence-corrected chi connectivity index (χ1v) is 6.22. The number of likely N-dealkylation sites (tertiary alicyclic amines) is 1.